The summed E-state index contributed by atoms with van der Waals surface area (Å²) >= 11 is 0. The molecule has 0 saturated heterocycles. The van der Waals surface area contributed by atoms with E-state index < -0.39 is 5.97 Å². The Bertz CT molecular complexity index is 1080. The van der Waals surface area contributed by atoms with E-state index in [9.17, 15) is 9.59 Å². The van der Waals surface area contributed by atoms with Crippen molar-refractivity contribution in [2.24, 2.45) is 0 Å². The zero-order valence-electron chi connectivity index (χ0n) is 15.0. The average molecular weight is 354 g/mol. The number of hydrogen-bond acceptors (Lipinski definition) is 5. The van der Waals surface area contributed by atoms with Gasteiger partial charge in [0.1, 0.15) is 22.3 Å². The molecule has 0 saturated carbocycles. The number of nitrogens with zero attached hydrogens (tertiary/aromatic N) is 3. The van der Waals surface area contributed by atoms with E-state index in [0.717, 1.165) is 25.7 Å². The second-order valence-corrected chi connectivity index (χ2v) is 6.19. The average Bonchev–Trinajstić information content (AvgIpc) is 2.66. The number of carbonyl (C=O) groups excluding carboxylic acids is 1. The van der Waals surface area contributed by atoms with E-state index in [2.05, 4.69) is 11.9 Å². The first-order valence-electron chi connectivity index (χ1n) is 8.76. The highest BCUT2D eigenvalue weighted by molar-refractivity contribution is 5.93. The third-order valence-corrected chi connectivity index (χ3v) is 4.46. The number of ether oxygens (including phenoxy) is 1. The molecular formula is C19H22N4O3. The van der Waals surface area contributed by atoms with Crippen LogP contribution in [0.15, 0.2) is 35.3 Å². The van der Waals surface area contributed by atoms with Crippen LogP contribution in [0.25, 0.3) is 16.7 Å². The Hall–Kier alpha value is -2.96. The second kappa shape index (κ2) is 7.51. The maximum Gasteiger partial charge on any atom is 0.341 e. The number of fused-ring (bicyclic) bond motifs is 2. The number of rotatable bonds is 6. The maximum atomic E-state index is 12.9. The molecule has 0 bridgehead atoms. The molecule has 0 unspecified atom stereocenters. The van der Waals surface area contributed by atoms with Crippen LogP contribution in [0.3, 0.4) is 0 Å². The zero-order valence-corrected chi connectivity index (χ0v) is 15.0. The molecule has 7 heteroatoms. The lowest BCUT2D eigenvalue weighted by Crippen LogP contribution is -2.30. The van der Waals surface area contributed by atoms with Gasteiger partial charge in [0.15, 0.2) is 0 Å². The van der Waals surface area contributed by atoms with Gasteiger partial charge in [0.05, 0.1) is 12.5 Å². The minimum Gasteiger partial charge on any atom is -0.465 e. The van der Waals surface area contributed by atoms with Crippen molar-refractivity contribution in [1.29, 1.82) is 5.41 Å². The van der Waals surface area contributed by atoms with Crippen LogP contribution in [0.5, 0.6) is 0 Å². The van der Waals surface area contributed by atoms with Crippen LogP contribution in [0, 0.1) is 5.41 Å². The van der Waals surface area contributed by atoms with E-state index >= 15 is 0 Å². The van der Waals surface area contributed by atoms with E-state index in [1.54, 1.807) is 22.9 Å². The Labute approximate surface area is 150 Å². The molecule has 0 amide bonds. The molecule has 3 aromatic rings. The second-order valence-electron chi connectivity index (χ2n) is 6.19. The third kappa shape index (κ3) is 3.12. The molecule has 3 heterocycles. The number of methoxy groups -OCH3 is 1. The van der Waals surface area contributed by atoms with Crippen molar-refractivity contribution in [3.8, 4) is 0 Å². The molecule has 0 radical (unpaired) electrons. The highest BCUT2D eigenvalue weighted by atomic mass is 16.5. The first-order valence-corrected chi connectivity index (χ1v) is 8.76. The van der Waals surface area contributed by atoms with Gasteiger partial charge < -0.3 is 9.30 Å². The molecule has 0 aliphatic heterocycles. The van der Waals surface area contributed by atoms with E-state index in [4.69, 9.17) is 10.1 Å². The van der Waals surface area contributed by atoms with E-state index in [1.165, 1.54) is 17.6 Å². The van der Waals surface area contributed by atoms with Crippen LogP contribution in [0.4, 0.5) is 0 Å². The Kier molecular flexibility index (Phi) is 5.16. The first kappa shape index (κ1) is 17.8. The number of hydrogen-bond donors (Lipinski definition) is 1. The molecule has 0 atom stereocenters. The van der Waals surface area contributed by atoms with Gasteiger partial charge >= 0.3 is 5.97 Å². The van der Waals surface area contributed by atoms with E-state index in [0.29, 0.717) is 23.2 Å². The lowest BCUT2D eigenvalue weighted by Gasteiger charge is -2.14. The molecule has 0 fully saturated rings. The summed E-state index contributed by atoms with van der Waals surface area (Å²) in [5, 5.41) is 8.74. The molecule has 7 nitrogen and oxygen atoms in total. The van der Waals surface area contributed by atoms with Crippen molar-refractivity contribution < 1.29 is 9.53 Å². The van der Waals surface area contributed by atoms with Crippen LogP contribution >= 0.6 is 0 Å². The zero-order chi connectivity index (χ0) is 18.7. The number of carbonyl (C=O) groups is 1. The normalized spacial score (nSPS) is 11.2. The smallest absolute Gasteiger partial charge is 0.341 e. The molecule has 0 aromatic carbocycles. The van der Waals surface area contributed by atoms with Crippen LogP contribution in [0.1, 0.15) is 43.0 Å². The quantitative estimate of drug-likeness (QED) is 0.418. The maximum absolute atomic E-state index is 12.9. The minimum absolute atomic E-state index is 0.0213. The molecule has 26 heavy (non-hydrogen) atoms. The Balaban J connectivity index is 2.29. The summed E-state index contributed by atoms with van der Waals surface area (Å²) in [5.74, 6) is -0.628. The highest BCUT2D eigenvalue weighted by Crippen LogP contribution is 2.12. The van der Waals surface area contributed by atoms with Gasteiger partial charge in [-0.25, -0.2) is 9.78 Å². The molecule has 3 aromatic heterocycles. The van der Waals surface area contributed by atoms with Gasteiger partial charge in [-0.15, -0.1) is 0 Å². The lowest BCUT2D eigenvalue weighted by molar-refractivity contribution is 0.0597. The molecule has 1 N–H and O–H groups in total. The summed E-state index contributed by atoms with van der Waals surface area (Å²) in [6, 6.07) is 6.73. The van der Waals surface area contributed by atoms with Gasteiger partial charge in [-0.1, -0.05) is 32.3 Å². The number of aryl methyl sites for hydroxylation is 1. The van der Waals surface area contributed by atoms with Crippen LogP contribution < -0.4 is 11.0 Å². The summed E-state index contributed by atoms with van der Waals surface area (Å²) < 4.78 is 7.87. The molecular weight excluding hydrogens is 332 g/mol. The lowest BCUT2D eigenvalue weighted by atomic mass is 10.1. The van der Waals surface area contributed by atoms with Crippen molar-refractivity contribution in [2.75, 3.05) is 7.11 Å². The first-order chi connectivity index (χ1) is 12.6. The predicted octanol–water partition coefficient (Wildman–Crippen LogP) is 2.50. The molecule has 0 spiro atoms. The van der Waals surface area contributed by atoms with Crippen molar-refractivity contribution in [3.05, 3.63) is 51.9 Å². The number of esters is 1. The Morgan fingerprint density at radius 1 is 1.27 bits per heavy atom. The topological polar surface area (TPSA) is 89.5 Å². The highest BCUT2D eigenvalue weighted by Gasteiger charge is 2.17. The van der Waals surface area contributed by atoms with Crippen molar-refractivity contribution >= 4 is 22.6 Å². The van der Waals surface area contributed by atoms with Crippen molar-refractivity contribution in [1.82, 2.24) is 14.0 Å². The molecule has 3 rings (SSSR count). The number of nitrogens with one attached hydrogen (secondary N) is 1. The minimum atomic E-state index is -0.628. The van der Waals surface area contributed by atoms with Gasteiger partial charge in [-0.2, -0.15) is 0 Å². The fourth-order valence-corrected chi connectivity index (χ4v) is 3.07. The van der Waals surface area contributed by atoms with Crippen molar-refractivity contribution in [2.45, 2.75) is 39.2 Å². The molecule has 0 aliphatic carbocycles. The van der Waals surface area contributed by atoms with Crippen LogP contribution in [-0.4, -0.2) is 27.0 Å². The number of aromatic nitrogens is 3. The fraction of sp³-hybridized carbons (Fsp3) is 0.368. The van der Waals surface area contributed by atoms with Crippen LogP contribution in [-0.2, 0) is 11.3 Å². The van der Waals surface area contributed by atoms with Gasteiger partial charge in [0.25, 0.3) is 5.56 Å². The third-order valence-electron chi connectivity index (χ3n) is 4.46. The summed E-state index contributed by atoms with van der Waals surface area (Å²) in [6.07, 6.45) is 5.70. The van der Waals surface area contributed by atoms with Gasteiger partial charge in [0.2, 0.25) is 0 Å². The van der Waals surface area contributed by atoms with Crippen molar-refractivity contribution in [3.63, 3.8) is 0 Å². The summed E-state index contributed by atoms with van der Waals surface area (Å²) in [5.41, 5.74) is 0.768. The number of unbranched alkanes of at least 4 members (excludes halogenated alkanes) is 3. The molecule has 136 valence electrons. The Morgan fingerprint density at radius 2 is 2.08 bits per heavy atom. The summed E-state index contributed by atoms with van der Waals surface area (Å²) in [7, 11) is 1.27. The largest absolute Gasteiger partial charge is 0.465 e. The summed E-state index contributed by atoms with van der Waals surface area (Å²) in [4.78, 5) is 29.6. The van der Waals surface area contributed by atoms with Gasteiger partial charge in [-0.3, -0.25) is 14.6 Å². The van der Waals surface area contributed by atoms with Gasteiger partial charge in [0, 0.05) is 12.7 Å². The summed E-state index contributed by atoms with van der Waals surface area (Å²) in [6.45, 7) is 2.65. The van der Waals surface area contributed by atoms with E-state index in [1.807, 2.05) is 6.07 Å². The molecule has 0 aliphatic rings. The predicted molar refractivity (Wildman–Crippen MR) is 98.3 cm³/mol. The SMILES string of the molecule is CCCCCCn1c(=N)c(C(=O)OC)cc2c(=O)n3ccccc3nc21. The standard InChI is InChI=1S/C19H22N4O3/c1-3-4-5-7-11-23-16(20)13(19(25)26-2)12-14-17(23)21-15-9-6-8-10-22(15)18(14)24/h6,8-10,12,20H,3-5,7,11H2,1-2H3. The van der Waals surface area contributed by atoms with E-state index in [-0.39, 0.29) is 16.6 Å². The number of pyridine rings is 2. The Morgan fingerprint density at radius 3 is 2.81 bits per heavy atom. The van der Waals surface area contributed by atoms with Gasteiger partial charge in [-0.05, 0) is 24.6 Å². The monoisotopic (exact) mass is 354 g/mol. The van der Waals surface area contributed by atoms with Crippen LogP contribution in [0.2, 0.25) is 0 Å². The fourth-order valence-electron chi connectivity index (χ4n) is 3.07.